The van der Waals surface area contributed by atoms with Crippen LogP contribution < -0.4 is 5.43 Å². The fourth-order valence-corrected chi connectivity index (χ4v) is 5.02. The number of piperidine rings is 1. The number of nitrogens with zero attached hydrogens (tertiary/aromatic N) is 1. The SMILES string of the molecule is CCN1CCC(c2c(O)cc(O)c3c(=O)c(C(O)c4ccc(F)c(Br)c4)c(C)oc23)C(O)C1. The van der Waals surface area contributed by atoms with Crippen molar-refractivity contribution in [1.29, 1.82) is 0 Å². The van der Waals surface area contributed by atoms with E-state index in [1.807, 2.05) is 6.92 Å². The van der Waals surface area contributed by atoms with Gasteiger partial charge in [0.15, 0.2) is 0 Å². The Balaban J connectivity index is 1.89. The average Bonchev–Trinajstić information content (AvgIpc) is 2.75. The van der Waals surface area contributed by atoms with Gasteiger partial charge in [0.2, 0.25) is 5.43 Å². The normalized spacial score (nSPS) is 20.3. The molecule has 1 fully saturated rings. The quantitative estimate of drug-likeness (QED) is 0.414. The Morgan fingerprint density at radius 1 is 1.27 bits per heavy atom. The molecule has 4 N–H and O–H groups in total. The first kappa shape index (κ1) is 23.7. The van der Waals surface area contributed by atoms with Crippen LogP contribution in [0.1, 0.15) is 47.8 Å². The van der Waals surface area contributed by atoms with Gasteiger partial charge < -0.3 is 29.7 Å². The van der Waals surface area contributed by atoms with Crippen LogP contribution in [-0.2, 0) is 0 Å². The largest absolute Gasteiger partial charge is 0.507 e. The van der Waals surface area contributed by atoms with Gasteiger partial charge in [-0.1, -0.05) is 13.0 Å². The maximum Gasteiger partial charge on any atom is 0.202 e. The molecule has 3 aromatic rings. The number of hydrogen-bond donors (Lipinski definition) is 4. The zero-order valence-corrected chi connectivity index (χ0v) is 19.8. The molecule has 3 atom stereocenters. The van der Waals surface area contributed by atoms with Crippen LogP contribution >= 0.6 is 15.9 Å². The third kappa shape index (κ3) is 4.14. The summed E-state index contributed by atoms with van der Waals surface area (Å²) in [6, 6.07) is 4.95. The van der Waals surface area contributed by atoms with Crippen LogP contribution in [0.2, 0.25) is 0 Å². The van der Waals surface area contributed by atoms with Gasteiger partial charge in [-0.25, -0.2) is 4.39 Å². The summed E-state index contributed by atoms with van der Waals surface area (Å²) in [5, 5.41) is 42.6. The third-order valence-electron chi connectivity index (χ3n) is 6.40. The number of aliphatic hydroxyl groups is 2. The van der Waals surface area contributed by atoms with E-state index in [0.717, 1.165) is 18.7 Å². The Labute approximate surface area is 197 Å². The van der Waals surface area contributed by atoms with Gasteiger partial charge in [0.25, 0.3) is 0 Å². The summed E-state index contributed by atoms with van der Waals surface area (Å²) in [5.74, 6) is -1.69. The van der Waals surface area contributed by atoms with Crippen molar-refractivity contribution < 1.29 is 29.2 Å². The van der Waals surface area contributed by atoms with Crippen molar-refractivity contribution in [1.82, 2.24) is 4.90 Å². The third-order valence-corrected chi connectivity index (χ3v) is 7.01. The number of fused-ring (bicyclic) bond motifs is 1. The first-order valence-corrected chi connectivity index (χ1v) is 11.5. The molecule has 176 valence electrons. The number of rotatable bonds is 4. The molecule has 4 rings (SSSR count). The van der Waals surface area contributed by atoms with Gasteiger partial charge in [-0.3, -0.25) is 4.79 Å². The van der Waals surface area contributed by atoms with Crippen LogP contribution in [0, 0.1) is 12.7 Å². The lowest BCUT2D eigenvalue weighted by Gasteiger charge is -2.35. The second-order valence-electron chi connectivity index (χ2n) is 8.37. The number of aryl methyl sites for hydroxylation is 1. The number of likely N-dealkylation sites (N-methyl/N-ethyl adjacent to an activating group) is 1. The van der Waals surface area contributed by atoms with Crippen molar-refractivity contribution in [3.63, 3.8) is 0 Å². The van der Waals surface area contributed by atoms with E-state index in [2.05, 4.69) is 20.8 Å². The lowest BCUT2D eigenvalue weighted by molar-refractivity contribution is 0.0533. The fourth-order valence-electron chi connectivity index (χ4n) is 4.62. The summed E-state index contributed by atoms with van der Waals surface area (Å²) in [6.45, 7) is 5.37. The number of phenols is 2. The van der Waals surface area contributed by atoms with Gasteiger partial charge in [-0.2, -0.15) is 0 Å². The molecule has 3 unspecified atom stereocenters. The number of phenolic OH excluding ortho intramolecular Hbond substituents is 2. The molecule has 2 heterocycles. The summed E-state index contributed by atoms with van der Waals surface area (Å²) >= 11 is 3.07. The van der Waals surface area contributed by atoms with Crippen LogP contribution in [-0.4, -0.2) is 51.1 Å². The fraction of sp³-hybridized carbons (Fsp3) is 0.375. The van der Waals surface area contributed by atoms with Gasteiger partial charge in [0, 0.05) is 24.1 Å². The first-order valence-electron chi connectivity index (χ1n) is 10.7. The molecule has 2 aromatic carbocycles. The molecule has 0 amide bonds. The highest BCUT2D eigenvalue weighted by Crippen LogP contribution is 2.42. The Hall–Kier alpha value is -2.46. The lowest BCUT2D eigenvalue weighted by atomic mass is 9.85. The van der Waals surface area contributed by atoms with Crippen molar-refractivity contribution in [3.05, 3.63) is 67.2 Å². The van der Waals surface area contributed by atoms with E-state index in [1.54, 1.807) is 0 Å². The first-order chi connectivity index (χ1) is 15.6. The molecular formula is C24H25BrFNO6. The van der Waals surface area contributed by atoms with Crippen LogP contribution in [0.3, 0.4) is 0 Å². The van der Waals surface area contributed by atoms with Crippen LogP contribution in [0.5, 0.6) is 11.5 Å². The molecule has 0 radical (unpaired) electrons. The van der Waals surface area contributed by atoms with Gasteiger partial charge in [0.05, 0.1) is 16.1 Å². The van der Waals surface area contributed by atoms with Crippen molar-refractivity contribution in [2.45, 2.75) is 38.4 Å². The molecule has 1 saturated heterocycles. The van der Waals surface area contributed by atoms with E-state index in [-0.39, 0.29) is 43.6 Å². The summed E-state index contributed by atoms with van der Waals surface area (Å²) in [6.07, 6.45) is -1.71. The second-order valence-corrected chi connectivity index (χ2v) is 9.22. The molecule has 33 heavy (non-hydrogen) atoms. The number of aromatic hydroxyl groups is 2. The Morgan fingerprint density at radius 2 is 2.00 bits per heavy atom. The zero-order valence-electron chi connectivity index (χ0n) is 18.2. The number of likely N-dealkylation sites (tertiary alicyclic amines) is 1. The zero-order chi connectivity index (χ0) is 24.0. The van der Waals surface area contributed by atoms with E-state index in [0.29, 0.717) is 19.5 Å². The summed E-state index contributed by atoms with van der Waals surface area (Å²) in [5.41, 5.74) is -0.258. The van der Waals surface area contributed by atoms with Crippen molar-refractivity contribution in [2.24, 2.45) is 0 Å². The second kappa shape index (κ2) is 9.06. The molecule has 9 heteroatoms. The minimum Gasteiger partial charge on any atom is -0.507 e. The molecule has 0 spiro atoms. The smallest absolute Gasteiger partial charge is 0.202 e. The van der Waals surface area contributed by atoms with Crippen LogP contribution in [0.15, 0.2) is 37.9 Å². The highest BCUT2D eigenvalue weighted by Gasteiger charge is 2.34. The summed E-state index contributed by atoms with van der Waals surface area (Å²) in [7, 11) is 0. The molecule has 1 aliphatic rings. The average molecular weight is 522 g/mol. The number of benzene rings is 2. The Bertz CT molecular complexity index is 1280. The summed E-state index contributed by atoms with van der Waals surface area (Å²) < 4.78 is 19.7. The number of hydrogen-bond acceptors (Lipinski definition) is 7. The molecule has 0 aliphatic carbocycles. The predicted molar refractivity (Wildman–Crippen MR) is 124 cm³/mol. The summed E-state index contributed by atoms with van der Waals surface area (Å²) in [4.78, 5) is 15.5. The Morgan fingerprint density at radius 3 is 2.64 bits per heavy atom. The molecule has 0 saturated carbocycles. The monoisotopic (exact) mass is 521 g/mol. The highest BCUT2D eigenvalue weighted by molar-refractivity contribution is 9.10. The van der Waals surface area contributed by atoms with Crippen molar-refractivity contribution in [2.75, 3.05) is 19.6 Å². The lowest BCUT2D eigenvalue weighted by Crippen LogP contribution is -2.42. The number of halogens is 2. The molecular weight excluding hydrogens is 497 g/mol. The van der Waals surface area contributed by atoms with E-state index >= 15 is 0 Å². The number of aliphatic hydroxyl groups excluding tert-OH is 2. The van der Waals surface area contributed by atoms with E-state index in [1.165, 1.54) is 19.1 Å². The molecule has 0 bridgehead atoms. The van der Waals surface area contributed by atoms with Gasteiger partial charge in [0.1, 0.15) is 40.1 Å². The van der Waals surface area contributed by atoms with E-state index < -0.39 is 35.1 Å². The van der Waals surface area contributed by atoms with Gasteiger partial charge in [-0.05, 0) is 60.1 Å². The van der Waals surface area contributed by atoms with Crippen molar-refractivity contribution in [3.8, 4) is 11.5 Å². The number of β-amino-alcohol motifs (C(OH)–C–C–N with tert-alkyl or cyclic N) is 1. The minimum atomic E-state index is -1.43. The van der Waals surface area contributed by atoms with E-state index in [4.69, 9.17) is 4.42 Å². The minimum absolute atomic E-state index is 0.0137. The maximum atomic E-state index is 13.6. The van der Waals surface area contributed by atoms with Crippen LogP contribution in [0.4, 0.5) is 4.39 Å². The molecule has 1 aromatic heterocycles. The topological polar surface area (TPSA) is 114 Å². The standard InChI is InChI=1S/C24H25BrFNO6/c1-3-27-7-6-13(18(30)10-27)20-16(28)9-17(29)21-23(32)19(11(2)33-24(20)21)22(31)12-4-5-15(26)14(25)8-12/h4-5,8-9,13,18,22,28-31H,3,6-7,10H2,1-2H3. The molecule has 1 aliphatic heterocycles. The van der Waals surface area contributed by atoms with Gasteiger partial charge >= 0.3 is 0 Å². The van der Waals surface area contributed by atoms with Crippen LogP contribution in [0.25, 0.3) is 11.0 Å². The van der Waals surface area contributed by atoms with Gasteiger partial charge in [-0.15, -0.1) is 0 Å². The maximum absolute atomic E-state index is 13.6. The molecule has 7 nitrogen and oxygen atoms in total. The van der Waals surface area contributed by atoms with E-state index in [9.17, 15) is 29.6 Å². The Kier molecular flexibility index (Phi) is 6.50. The predicted octanol–water partition coefficient (Wildman–Crippen LogP) is 3.67. The van der Waals surface area contributed by atoms with Crippen molar-refractivity contribution >= 4 is 26.9 Å². The highest BCUT2D eigenvalue weighted by atomic mass is 79.9.